The lowest BCUT2D eigenvalue weighted by Gasteiger charge is -2.22. The van der Waals surface area contributed by atoms with Gasteiger partial charge in [0.05, 0.1) is 12.2 Å². The molecule has 0 bridgehead atoms. The number of nitrogens with one attached hydrogen (secondary N) is 1. The Morgan fingerprint density at radius 3 is 2.74 bits per heavy atom. The van der Waals surface area contributed by atoms with Crippen molar-refractivity contribution in [2.24, 2.45) is 0 Å². The molecule has 2 aromatic rings. The highest BCUT2D eigenvalue weighted by atomic mass is 15.4. The van der Waals surface area contributed by atoms with Crippen LogP contribution in [0.25, 0.3) is 0 Å². The quantitative estimate of drug-likeness (QED) is 0.819. The van der Waals surface area contributed by atoms with Crippen LogP contribution in [0.5, 0.6) is 0 Å². The molecule has 5 nitrogen and oxygen atoms in total. The summed E-state index contributed by atoms with van der Waals surface area (Å²) in [6.45, 7) is 5.70. The third-order valence-electron chi connectivity index (χ3n) is 3.05. The van der Waals surface area contributed by atoms with Crippen molar-refractivity contribution in [2.45, 2.75) is 20.0 Å². The Hall–Kier alpha value is -1.88. The van der Waals surface area contributed by atoms with Gasteiger partial charge >= 0.3 is 0 Å². The fourth-order valence-corrected chi connectivity index (χ4v) is 2.04. The molecule has 0 aliphatic heterocycles. The lowest BCUT2D eigenvalue weighted by molar-refractivity contribution is 0.578. The Balaban J connectivity index is 1.92. The van der Waals surface area contributed by atoms with Crippen LogP contribution in [0, 0.1) is 0 Å². The van der Waals surface area contributed by atoms with Crippen LogP contribution in [-0.2, 0) is 13.1 Å². The Labute approximate surface area is 114 Å². The smallest absolute Gasteiger partial charge is 0.0964 e. The summed E-state index contributed by atoms with van der Waals surface area (Å²) >= 11 is 0. The van der Waals surface area contributed by atoms with Gasteiger partial charge in [0.25, 0.3) is 0 Å². The zero-order valence-corrected chi connectivity index (χ0v) is 11.6. The molecule has 1 N–H and O–H groups in total. The van der Waals surface area contributed by atoms with Crippen molar-refractivity contribution in [3.05, 3.63) is 42.2 Å². The third kappa shape index (κ3) is 3.79. The van der Waals surface area contributed by atoms with Gasteiger partial charge in [-0.05, 0) is 26.1 Å². The van der Waals surface area contributed by atoms with Gasteiger partial charge < -0.3 is 10.2 Å². The lowest BCUT2D eigenvalue weighted by Crippen LogP contribution is -2.27. The number of anilines is 1. The number of nitrogens with zero attached hydrogens (tertiary/aromatic N) is 4. The minimum Gasteiger partial charge on any atom is -0.370 e. The molecular weight excluding hydrogens is 238 g/mol. The number of hydrogen-bond acceptors (Lipinski definition) is 4. The summed E-state index contributed by atoms with van der Waals surface area (Å²) in [6, 6.07) is 10.4. The second-order valence-corrected chi connectivity index (χ2v) is 4.42. The highest BCUT2D eigenvalue weighted by molar-refractivity contribution is 5.45. The molecule has 0 saturated carbocycles. The fourth-order valence-electron chi connectivity index (χ4n) is 2.04. The van der Waals surface area contributed by atoms with Crippen LogP contribution >= 0.6 is 0 Å². The molecule has 0 atom stereocenters. The summed E-state index contributed by atoms with van der Waals surface area (Å²) in [5.74, 6) is 0. The standard InChI is InChI=1S/C14H21N5/c1-3-18(14-7-5-4-6-8-14)9-10-19-12-13(11-15-2)16-17-19/h4-8,12,15H,3,9-11H2,1-2H3. The predicted molar refractivity (Wildman–Crippen MR) is 77.1 cm³/mol. The summed E-state index contributed by atoms with van der Waals surface area (Å²) in [4.78, 5) is 2.33. The van der Waals surface area contributed by atoms with Crippen LogP contribution in [-0.4, -0.2) is 35.1 Å². The largest absolute Gasteiger partial charge is 0.370 e. The molecule has 19 heavy (non-hydrogen) atoms. The van der Waals surface area contributed by atoms with Crippen molar-refractivity contribution >= 4 is 5.69 Å². The lowest BCUT2D eigenvalue weighted by atomic mass is 10.3. The van der Waals surface area contributed by atoms with Crippen molar-refractivity contribution < 1.29 is 0 Å². The van der Waals surface area contributed by atoms with E-state index in [2.05, 4.69) is 51.7 Å². The first-order valence-electron chi connectivity index (χ1n) is 6.67. The Morgan fingerprint density at radius 2 is 2.05 bits per heavy atom. The van der Waals surface area contributed by atoms with E-state index < -0.39 is 0 Å². The number of benzene rings is 1. The topological polar surface area (TPSA) is 46.0 Å². The van der Waals surface area contributed by atoms with Gasteiger partial charge in [-0.15, -0.1) is 5.10 Å². The van der Waals surface area contributed by atoms with Crippen LogP contribution in [0.2, 0.25) is 0 Å². The van der Waals surface area contributed by atoms with Gasteiger partial charge in [-0.1, -0.05) is 23.4 Å². The van der Waals surface area contributed by atoms with Crippen LogP contribution in [0.3, 0.4) is 0 Å². The van der Waals surface area contributed by atoms with Gasteiger partial charge in [0.1, 0.15) is 0 Å². The van der Waals surface area contributed by atoms with E-state index in [1.54, 1.807) is 0 Å². The zero-order valence-electron chi connectivity index (χ0n) is 11.6. The van der Waals surface area contributed by atoms with Crippen LogP contribution in [0.1, 0.15) is 12.6 Å². The molecule has 0 aliphatic rings. The molecular formula is C14H21N5. The predicted octanol–water partition coefficient (Wildman–Crippen LogP) is 1.52. The van der Waals surface area contributed by atoms with Crippen molar-refractivity contribution in [1.29, 1.82) is 0 Å². The van der Waals surface area contributed by atoms with Crippen LogP contribution in [0.15, 0.2) is 36.5 Å². The number of para-hydroxylation sites is 1. The Bertz CT molecular complexity index is 480. The first-order chi connectivity index (χ1) is 9.33. The molecule has 0 unspecified atom stereocenters. The summed E-state index contributed by atoms with van der Waals surface area (Å²) in [5, 5.41) is 11.3. The third-order valence-corrected chi connectivity index (χ3v) is 3.05. The van der Waals surface area contributed by atoms with E-state index in [4.69, 9.17) is 0 Å². The first-order valence-corrected chi connectivity index (χ1v) is 6.67. The first kappa shape index (κ1) is 13.5. The number of rotatable bonds is 7. The molecule has 0 saturated heterocycles. The highest BCUT2D eigenvalue weighted by Crippen LogP contribution is 2.12. The maximum absolute atomic E-state index is 4.13. The van der Waals surface area contributed by atoms with E-state index >= 15 is 0 Å². The van der Waals surface area contributed by atoms with Crippen molar-refractivity contribution in [2.75, 3.05) is 25.0 Å². The van der Waals surface area contributed by atoms with Gasteiger partial charge in [0.2, 0.25) is 0 Å². The summed E-state index contributed by atoms with van der Waals surface area (Å²) in [6.07, 6.45) is 2.00. The maximum atomic E-state index is 4.13. The monoisotopic (exact) mass is 259 g/mol. The molecule has 5 heteroatoms. The van der Waals surface area contributed by atoms with Gasteiger partial charge in [-0.25, -0.2) is 0 Å². The SMILES string of the molecule is CCN(CCn1cc(CNC)nn1)c1ccccc1. The van der Waals surface area contributed by atoms with Gasteiger partial charge in [0.15, 0.2) is 0 Å². The van der Waals surface area contributed by atoms with E-state index in [-0.39, 0.29) is 0 Å². The molecule has 0 aliphatic carbocycles. The summed E-state index contributed by atoms with van der Waals surface area (Å²) < 4.78 is 1.90. The molecule has 0 spiro atoms. The minimum atomic E-state index is 0.760. The molecule has 1 heterocycles. The van der Waals surface area contributed by atoms with Crippen molar-refractivity contribution in [1.82, 2.24) is 20.3 Å². The molecule has 0 radical (unpaired) electrons. The molecule has 2 rings (SSSR count). The summed E-state index contributed by atoms with van der Waals surface area (Å²) in [7, 11) is 1.91. The van der Waals surface area contributed by atoms with Crippen LogP contribution in [0.4, 0.5) is 5.69 Å². The Morgan fingerprint density at radius 1 is 1.26 bits per heavy atom. The van der Waals surface area contributed by atoms with Gasteiger partial charge in [0, 0.05) is 31.5 Å². The number of aromatic nitrogens is 3. The molecule has 1 aromatic heterocycles. The van der Waals surface area contributed by atoms with E-state index in [9.17, 15) is 0 Å². The minimum absolute atomic E-state index is 0.760. The normalized spacial score (nSPS) is 10.6. The van der Waals surface area contributed by atoms with E-state index in [1.807, 2.05) is 24.0 Å². The van der Waals surface area contributed by atoms with Gasteiger partial charge in [-0.3, -0.25) is 4.68 Å². The van der Waals surface area contributed by atoms with E-state index in [1.165, 1.54) is 5.69 Å². The number of likely N-dealkylation sites (N-methyl/N-ethyl adjacent to an activating group) is 1. The summed E-state index contributed by atoms with van der Waals surface area (Å²) in [5.41, 5.74) is 2.23. The molecule has 102 valence electrons. The molecule has 0 fully saturated rings. The molecule has 1 aromatic carbocycles. The number of hydrogen-bond donors (Lipinski definition) is 1. The van der Waals surface area contributed by atoms with Crippen molar-refractivity contribution in [3.63, 3.8) is 0 Å². The van der Waals surface area contributed by atoms with Gasteiger partial charge in [-0.2, -0.15) is 0 Å². The highest BCUT2D eigenvalue weighted by Gasteiger charge is 2.05. The van der Waals surface area contributed by atoms with E-state index in [0.717, 1.165) is 31.9 Å². The second kappa shape index (κ2) is 6.89. The average Bonchev–Trinajstić information content (AvgIpc) is 2.89. The van der Waals surface area contributed by atoms with Crippen LogP contribution < -0.4 is 10.2 Å². The Kier molecular flexibility index (Phi) is 4.92. The fraction of sp³-hybridized carbons (Fsp3) is 0.429. The van der Waals surface area contributed by atoms with Crippen molar-refractivity contribution in [3.8, 4) is 0 Å². The average molecular weight is 259 g/mol. The van der Waals surface area contributed by atoms with E-state index in [0.29, 0.717) is 0 Å². The second-order valence-electron chi connectivity index (χ2n) is 4.42. The maximum Gasteiger partial charge on any atom is 0.0964 e. The zero-order chi connectivity index (χ0) is 13.5. The molecule has 0 amide bonds.